The van der Waals surface area contributed by atoms with E-state index in [4.69, 9.17) is 0 Å². The van der Waals surface area contributed by atoms with Gasteiger partial charge in [-0.25, -0.2) is 0 Å². The average Bonchev–Trinajstić information content (AvgIpc) is 3.16. The Bertz CT molecular complexity index is 692. The van der Waals surface area contributed by atoms with Gasteiger partial charge in [0.1, 0.15) is 0 Å². The molecular weight excluding hydrogens is 324 g/mol. The maximum atomic E-state index is 11.8. The van der Waals surface area contributed by atoms with Crippen molar-refractivity contribution in [1.82, 2.24) is 20.4 Å². The van der Waals surface area contributed by atoms with Crippen LogP contribution in [-0.2, 0) is 18.3 Å². The Kier molecular flexibility index (Phi) is 6.54. The van der Waals surface area contributed by atoms with Crippen LogP contribution < -0.4 is 10.6 Å². The van der Waals surface area contributed by atoms with Crippen molar-refractivity contribution in [3.8, 4) is 0 Å². The highest BCUT2D eigenvalue weighted by Crippen LogP contribution is 2.11. The summed E-state index contributed by atoms with van der Waals surface area (Å²) in [6.07, 6.45) is 1.83. The Balaban J connectivity index is 1.61. The predicted octanol–water partition coefficient (Wildman–Crippen LogP) is 1.97. The van der Waals surface area contributed by atoms with Crippen LogP contribution >= 0.6 is 11.3 Å². The van der Waals surface area contributed by atoms with Crippen molar-refractivity contribution in [2.45, 2.75) is 33.1 Å². The zero-order valence-electron chi connectivity index (χ0n) is 14.4. The molecule has 0 aliphatic carbocycles. The molecule has 6 nitrogen and oxygen atoms in total. The first kappa shape index (κ1) is 18.2. The molecule has 0 spiro atoms. The van der Waals surface area contributed by atoms with Gasteiger partial charge < -0.3 is 10.6 Å². The Hall–Kier alpha value is -2.15. The maximum Gasteiger partial charge on any atom is 0.252 e. The van der Waals surface area contributed by atoms with E-state index in [-0.39, 0.29) is 11.8 Å². The number of nitrogens with zero attached hydrogens (tertiary/aromatic N) is 2. The van der Waals surface area contributed by atoms with Gasteiger partial charge in [-0.3, -0.25) is 14.3 Å². The summed E-state index contributed by atoms with van der Waals surface area (Å²) in [5, 5.41) is 13.8. The van der Waals surface area contributed by atoms with Gasteiger partial charge in [-0.1, -0.05) is 0 Å². The van der Waals surface area contributed by atoms with E-state index in [0.717, 1.165) is 17.8 Å². The molecule has 2 heterocycles. The zero-order chi connectivity index (χ0) is 17.5. The number of carbonyl (C=O) groups is 2. The Labute approximate surface area is 146 Å². The van der Waals surface area contributed by atoms with Crippen LogP contribution in [0.15, 0.2) is 16.8 Å². The largest absolute Gasteiger partial charge is 0.356 e. The molecule has 2 aromatic rings. The molecule has 2 rings (SSSR count). The van der Waals surface area contributed by atoms with Crippen LogP contribution in [-0.4, -0.2) is 34.7 Å². The van der Waals surface area contributed by atoms with Gasteiger partial charge in [0, 0.05) is 43.2 Å². The number of carbonyl (C=O) groups excluding carboxylic acids is 2. The van der Waals surface area contributed by atoms with Crippen molar-refractivity contribution in [3.05, 3.63) is 39.3 Å². The number of amides is 2. The van der Waals surface area contributed by atoms with Crippen molar-refractivity contribution >= 4 is 23.2 Å². The van der Waals surface area contributed by atoms with E-state index in [2.05, 4.69) is 15.7 Å². The molecule has 0 saturated heterocycles. The fourth-order valence-electron chi connectivity index (χ4n) is 2.54. The molecule has 24 heavy (non-hydrogen) atoms. The summed E-state index contributed by atoms with van der Waals surface area (Å²) in [4.78, 5) is 23.6. The van der Waals surface area contributed by atoms with E-state index >= 15 is 0 Å². The topological polar surface area (TPSA) is 76.0 Å². The van der Waals surface area contributed by atoms with Crippen LogP contribution in [0.4, 0.5) is 0 Å². The van der Waals surface area contributed by atoms with Crippen molar-refractivity contribution in [3.63, 3.8) is 0 Å². The summed E-state index contributed by atoms with van der Waals surface area (Å²) in [6, 6.07) is 1.79. The highest BCUT2D eigenvalue weighted by atomic mass is 32.1. The first-order chi connectivity index (χ1) is 11.5. The van der Waals surface area contributed by atoms with Crippen molar-refractivity contribution in [2.24, 2.45) is 7.05 Å². The zero-order valence-corrected chi connectivity index (χ0v) is 15.2. The number of nitrogens with one attached hydrogen (secondary N) is 2. The van der Waals surface area contributed by atoms with Crippen molar-refractivity contribution < 1.29 is 9.59 Å². The molecule has 0 aromatic carbocycles. The van der Waals surface area contributed by atoms with Gasteiger partial charge in [0.2, 0.25) is 5.91 Å². The van der Waals surface area contributed by atoms with Crippen LogP contribution in [0.2, 0.25) is 0 Å². The number of rotatable bonds is 8. The fraction of sp³-hybridized carbons (Fsp3) is 0.471. The van der Waals surface area contributed by atoms with Crippen LogP contribution in [0.25, 0.3) is 0 Å². The second-order valence-electron chi connectivity index (χ2n) is 5.74. The second-order valence-corrected chi connectivity index (χ2v) is 6.52. The number of aryl methyl sites for hydroxylation is 2. The molecular formula is C17H24N4O2S. The van der Waals surface area contributed by atoms with Gasteiger partial charge in [-0.05, 0) is 43.7 Å². The summed E-state index contributed by atoms with van der Waals surface area (Å²) in [7, 11) is 1.93. The van der Waals surface area contributed by atoms with E-state index in [9.17, 15) is 9.59 Å². The Morgan fingerprint density at radius 3 is 2.67 bits per heavy atom. The lowest BCUT2D eigenvalue weighted by Gasteiger charge is -2.07. The lowest BCUT2D eigenvalue weighted by Crippen LogP contribution is -2.28. The third kappa shape index (κ3) is 4.92. The van der Waals surface area contributed by atoms with E-state index in [1.807, 2.05) is 36.3 Å². The minimum absolute atomic E-state index is 0.0129. The molecule has 0 saturated carbocycles. The van der Waals surface area contributed by atoms with Gasteiger partial charge in [-0.15, -0.1) is 0 Å². The van der Waals surface area contributed by atoms with Crippen LogP contribution in [0.5, 0.6) is 0 Å². The highest BCUT2D eigenvalue weighted by molar-refractivity contribution is 7.08. The minimum Gasteiger partial charge on any atom is -0.356 e. The van der Waals surface area contributed by atoms with E-state index in [0.29, 0.717) is 31.5 Å². The quantitative estimate of drug-likeness (QED) is 0.716. The lowest BCUT2D eigenvalue weighted by atomic mass is 10.1. The normalized spacial score (nSPS) is 10.6. The molecule has 0 bridgehead atoms. The molecule has 0 unspecified atom stereocenters. The molecule has 2 N–H and O–H groups in total. The number of hydrogen-bond donors (Lipinski definition) is 2. The molecule has 2 amide bonds. The summed E-state index contributed by atoms with van der Waals surface area (Å²) < 4.78 is 1.86. The van der Waals surface area contributed by atoms with Gasteiger partial charge in [0.15, 0.2) is 0 Å². The van der Waals surface area contributed by atoms with E-state index < -0.39 is 0 Å². The van der Waals surface area contributed by atoms with Crippen molar-refractivity contribution in [2.75, 3.05) is 13.1 Å². The van der Waals surface area contributed by atoms with Gasteiger partial charge in [0.25, 0.3) is 5.91 Å². The number of hydrogen-bond acceptors (Lipinski definition) is 4. The fourth-order valence-corrected chi connectivity index (χ4v) is 3.18. The van der Waals surface area contributed by atoms with Crippen LogP contribution in [0.3, 0.4) is 0 Å². The van der Waals surface area contributed by atoms with Gasteiger partial charge in [-0.2, -0.15) is 16.4 Å². The van der Waals surface area contributed by atoms with Gasteiger partial charge >= 0.3 is 0 Å². The Morgan fingerprint density at radius 1 is 1.25 bits per heavy atom. The van der Waals surface area contributed by atoms with Crippen LogP contribution in [0, 0.1) is 13.8 Å². The summed E-state index contributed by atoms with van der Waals surface area (Å²) >= 11 is 1.49. The molecule has 0 aliphatic heterocycles. The molecule has 0 fully saturated rings. The lowest BCUT2D eigenvalue weighted by molar-refractivity contribution is -0.121. The standard InChI is InChI=1S/C17H24N4O2S/c1-12-15(13(2)21(3)20-12)6-9-18-16(22)5-4-8-19-17(23)14-7-10-24-11-14/h7,10-11H,4-6,8-9H2,1-3H3,(H,18,22)(H,19,23). The third-order valence-electron chi connectivity index (χ3n) is 4.01. The van der Waals surface area contributed by atoms with E-state index in [1.165, 1.54) is 16.9 Å². The minimum atomic E-state index is -0.0841. The second kappa shape index (κ2) is 8.63. The predicted molar refractivity (Wildman–Crippen MR) is 95.3 cm³/mol. The molecule has 0 radical (unpaired) electrons. The summed E-state index contributed by atoms with van der Waals surface area (Å²) in [5.41, 5.74) is 4.02. The van der Waals surface area contributed by atoms with Crippen molar-refractivity contribution in [1.29, 1.82) is 0 Å². The molecule has 0 atom stereocenters. The molecule has 7 heteroatoms. The maximum absolute atomic E-state index is 11.8. The smallest absolute Gasteiger partial charge is 0.252 e. The number of aromatic nitrogens is 2. The first-order valence-corrected chi connectivity index (χ1v) is 8.99. The monoisotopic (exact) mass is 348 g/mol. The Morgan fingerprint density at radius 2 is 2.04 bits per heavy atom. The molecule has 130 valence electrons. The average molecular weight is 348 g/mol. The molecule has 0 aliphatic rings. The highest BCUT2D eigenvalue weighted by Gasteiger charge is 2.10. The SMILES string of the molecule is Cc1nn(C)c(C)c1CCNC(=O)CCCNC(=O)c1ccsc1. The molecule has 2 aromatic heterocycles. The summed E-state index contributed by atoms with van der Waals surface area (Å²) in [5.74, 6) is -0.0711. The van der Waals surface area contributed by atoms with Gasteiger partial charge in [0.05, 0.1) is 5.69 Å². The summed E-state index contributed by atoms with van der Waals surface area (Å²) in [6.45, 7) is 5.13. The first-order valence-electron chi connectivity index (χ1n) is 8.05. The van der Waals surface area contributed by atoms with Crippen LogP contribution in [0.1, 0.15) is 40.2 Å². The third-order valence-corrected chi connectivity index (χ3v) is 4.69. The number of thiophene rings is 1. The van der Waals surface area contributed by atoms with E-state index in [1.54, 1.807) is 6.07 Å².